The van der Waals surface area contributed by atoms with E-state index in [1.54, 1.807) is 11.6 Å². The Kier molecular flexibility index (Phi) is 5.52. The standard InChI is InChI=1S/C15H12Cl2N6OS/c1-9(14(24)19-13-12(17)7-10(16)8-18-13)25-15-20-21-22-23(15)11-5-3-2-4-6-11/h2-9H,1H3,(H,18,19,24)/t9-/m1/s1. The first kappa shape index (κ1) is 17.7. The largest absolute Gasteiger partial charge is 0.308 e. The van der Waals surface area contributed by atoms with E-state index in [1.807, 2.05) is 30.3 Å². The number of nitrogens with one attached hydrogen (secondary N) is 1. The van der Waals surface area contributed by atoms with E-state index in [1.165, 1.54) is 24.0 Å². The summed E-state index contributed by atoms with van der Waals surface area (Å²) >= 11 is 13.0. The maximum Gasteiger partial charge on any atom is 0.238 e. The van der Waals surface area contributed by atoms with Crippen molar-refractivity contribution >= 4 is 46.7 Å². The Labute approximate surface area is 157 Å². The van der Waals surface area contributed by atoms with E-state index in [-0.39, 0.29) is 16.7 Å². The minimum absolute atomic E-state index is 0.256. The molecule has 0 unspecified atom stereocenters. The molecular weight excluding hydrogens is 383 g/mol. The first-order chi connectivity index (χ1) is 12.0. The zero-order valence-corrected chi connectivity index (χ0v) is 15.3. The molecule has 1 amide bonds. The van der Waals surface area contributed by atoms with E-state index in [0.717, 1.165) is 5.69 Å². The van der Waals surface area contributed by atoms with Crippen molar-refractivity contribution in [3.05, 3.63) is 52.6 Å². The zero-order chi connectivity index (χ0) is 17.8. The topological polar surface area (TPSA) is 85.6 Å². The summed E-state index contributed by atoms with van der Waals surface area (Å²) in [5, 5.41) is 15.0. The van der Waals surface area contributed by atoms with Gasteiger partial charge in [-0.3, -0.25) is 4.79 Å². The van der Waals surface area contributed by atoms with Gasteiger partial charge in [-0.2, -0.15) is 4.68 Å². The van der Waals surface area contributed by atoms with E-state index in [0.29, 0.717) is 10.2 Å². The summed E-state index contributed by atoms with van der Waals surface area (Å²) in [6.07, 6.45) is 1.41. The Hall–Kier alpha value is -2.16. The van der Waals surface area contributed by atoms with Crippen molar-refractivity contribution in [1.29, 1.82) is 0 Å². The van der Waals surface area contributed by atoms with Crippen molar-refractivity contribution in [3.63, 3.8) is 0 Å². The fourth-order valence-electron chi connectivity index (χ4n) is 1.92. The number of carbonyl (C=O) groups excluding carboxylic acids is 1. The normalized spacial score (nSPS) is 12.0. The maximum absolute atomic E-state index is 12.4. The number of aromatic nitrogens is 5. The molecule has 1 atom stereocenters. The molecule has 25 heavy (non-hydrogen) atoms. The smallest absolute Gasteiger partial charge is 0.238 e. The molecule has 3 aromatic rings. The van der Waals surface area contributed by atoms with Gasteiger partial charge < -0.3 is 5.32 Å². The van der Waals surface area contributed by atoms with Crippen LogP contribution in [0.1, 0.15) is 6.92 Å². The van der Waals surface area contributed by atoms with Crippen molar-refractivity contribution in [3.8, 4) is 5.69 Å². The number of carbonyl (C=O) groups is 1. The zero-order valence-electron chi connectivity index (χ0n) is 12.9. The molecule has 0 saturated heterocycles. The van der Waals surface area contributed by atoms with Gasteiger partial charge in [-0.1, -0.05) is 53.2 Å². The van der Waals surface area contributed by atoms with Crippen molar-refractivity contribution in [2.75, 3.05) is 5.32 Å². The van der Waals surface area contributed by atoms with Gasteiger partial charge >= 0.3 is 0 Å². The Bertz CT molecular complexity index is 889. The quantitative estimate of drug-likeness (QED) is 0.666. The predicted molar refractivity (Wildman–Crippen MR) is 97.4 cm³/mol. The van der Waals surface area contributed by atoms with E-state index < -0.39 is 5.25 Å². The van der Waals surface area contributed by atoms with Gasteiger partial charge in [-0.25, -0.2) is 4.98 Å². The number of para-hydroxylation sites is 1. The third-order valence-electron chi connectivity index (χ3n) is 3.14. The highest BCUT2D eigenvalue weighted by Gasteiger charge is 2.20. The molecular formula is C15H12Cl2N6OS. The summed E-state index contributed by atoms with van der Waals surface area (Å²) in [6, 6.07) is 10.9. The molecule has 0 fully saturated rings. The number of anilines is 1. The van der Waals surface area contributed by atoms with Crippen LogP contribution in [0.5, 0.6) is 0 Å². The molecule has 2 aromatic heterocycles. The number of amides is 1. The van der Waals surface area contributed by atoms with Gasteiger partial charge in [0.25, 0.3) is 0 Å². The fourth-order valence-corrected chi connectivity index (χ4v) is 3.16. The molecule has 0 bridgehead atoms. The Morgan fingerprint density at radius 3 is 2.76 bits per heavy atom. The maximum atomic E-state index is 12.4. The molecule has 0 aliphatic heterocycles. The number of halogens is 2. The number of tetrazole rings is 1. The lowest BCUT2D eigenvalue weighted by Gasteiger charge is -2.12. The number of nitrogens with zero attached hydrogens (tertiary/aromatic N) is 5. The lowest BCUT2D eigenvalue weighted by atomic mass is 10.3. The first-order valence-corrected chi connectivity index (χ1v) is 8.80. The van der Waals surface area contributed by atoms with Crippen LogP contribution in [0.25, 0.3) is 5.69 Å². The van der Waals surface area contributed by atoms with Crippen LogP contribution in [-0.4, -0.2) is 36.3 Å². The molecule has 0 aliphatic rings. The average Bonchev–Trinajstić information content (AvgIpc) is 3.06. The highest BCUT2D eigenvalue weighted by Crippen LogP contribution is 2.26. The summed E-state index contributed by atoms with van der Waals surface area (Å²) < 4.78 is 1.57. The van der Waals surface area contributed by atoms with Crippen molar-refractivity contribution < 1.29 is 4.79 Å². The van der Waals surface area contributed by atoms with Crippen LogP contribution in [0.2, 0.25) is 10.0 Å². The Morgan fingerprint density at radius 1 is 1.28 bits per heavy atom. The van der Waals surface area contributed by atoms with Gasteiger partial charge in [0.15, 0.2) is 5.82 Å². The third kappa shape index (κ3) is 4.28. The number of rotatable bonds is 5. The molecule has 2 heterocycles. The van der Waals surface area contributed by atoms with Gasteiger partial charge in [-0.15, -0.1) is 5.10 Å². The number of hydrogen-bond acceptors (Lipinski definition) is 6. The van der Waals surface area contributed by atoms with Crippen LogP contribution in [0.15, 0.2) is 47.8 Å². The molecule has 0 aliphatic carbocycles. The second-order valence-corrected chi connectivity index (χ2v) is 7.09. The molecule has 10 heteroatoms. The second kappa shape index (κ2) is 7.81. The van der Waals surface area contributed by atoms with Crippen LogP contribution in [-0.2, 0) is 4.79 Å². The van der Waals surface area contributed by atoms with Gasteiger partial charge in [0.2, 0.25) is 11.1 Å². The molecule has 0 saturated carbocycles. The number of pyridine rings is 1. The van der Waals surface area contributed by atoms with Crippen LogP contribution < -0.4 is 5.32 Å². The molecule has 0 radical (unpaired) electrons. The third-order valence-corrected chi connectivity index (χ3v) is 4.67. The second-order valence-electron chi connectivity index (χ2n) is 4.94. The SMILES string of the molecule is C[C@@H](Sc1nnnn1-c1ccccc1)C(=O)Nc1ncc(Cl)cc1Cl. The van der Waals surface area contributed by atoms with Gasteiger partial charge in [0.05, 0.1) is 21.0 Å². The summed E-state index contributed by atoms with van der Waals surface area (Å²) in [4.78, 5) is 16.4. The highest BCUT2D eigenvalue weighted by atomic mass is 35.5. The van der Waals surface area contributed by atoms with Crippen LogP contribution in [0, 0.1) is 0 Å². The minimum atomic E-state index is -0.470. The van der Waals surface area contributed by atoms with Crippen molar-refractivity contribution in [2.24, 2.45) is 0 Å². The molecule has 0 spiro atoms. The summed E-state index contributed by atoms with van der Waals surface area (Å²) in [7, 11) is 0. The summed E-state index contributed by atoms with van der Waals surface area (Å²) in [5.41, 5.74) is 0.810. The van der Waals surface area contributed by atoms with Crippen LogP contribution in [0.4, 0.5) is 5.82 Å². The van der Waals surface area contributed by atoms with E-state index in [2.05, 4.69) is 25.8 Å². The number of benzene rings is 1. The number of hydrogen-bond donors (Lipinski definition) is 1. The molecule has 3 rings (SSSR count). The number of thioether (sulfide) groups is 1. The molecule has 128 valence electrons. The van der Waals surface area contributed by atoms with E-state index >= 15 is 0 Å². The fraction of sp³-hybridized carbons (Fsp3) is 0.133. The monoisotopic (exact) mass is 394 g/mol. The average molecular weight is 395 g/mol. The summed E-state index contributed by atoms with van der Waals surface area (Å²) in [6.45, 7) is 1.74. The summed E-state index contributed by atoms with van der Waals surface area (Å²) in [5.74, 6) is -0.0181. The van der Waals surface area contributed by atoms with E-state index in [4.69, 9.17) is 23.2 Å². The van der Waals surface area contributed by atoms with Crippen LogP contribution in [0.3, 0.4) is 0 Å². The first-order valence-electron chi connectivity index (χ1n) is 7.17. The predicted octanol–water partition coefficient (Wildman–Crippen LogP) is 3.48. The van der Waals surface area contributed by atoms with Crippen molar-refractivity contribution in [2.45, 2.75) is 17.3 Å². The van der Waals surface area contributed by atoms with Gasteiger partial charge in [0, 0.05) is 6.20 Å². The lowest BCUT2D eigenvalue weighted by molar-refractivity contribution is -0.115. The lowest BCUT2D eigenvalue weighted by Crippen LogP contribution is -2.23. The Balaban J connectivity index is 1.71. The Morgan fingerprint density at radius 2 is 2.04 bits per heavy atom. The molecule has 1 N–H and O–H groups in total. The van der Waals surface area contributed by atoms with Crippen LogP contribution >= 0.6 is 35.0 Å². The van der Waals surface area contributed by atoms with Gasteiger partial charge in [0.1, 0.15) is 0 Å². The van der Waals surface area contributed by atoms with Crippen molar-refractivity contribution in [1.82, 2.24) is 25.2 Å². The molecule has 1 aromatic carbocycles. The minimum Gasteiger partial charge on any atom is -0.308 e. The molecule has 7 nitrogen and oxygen atoms in total. The van der Waals surface area contributed by atoms with E-state index in [9.17, 15) is 4.79 Å². The highest BCUT2D eigenvalue weighted by molar-refractivity contribution is 8.00. The van der Waals surface area contributed by atoms with Gasteiger partial charge in [-0.05, 0) is 35.5 Å².